The van der Waals surface area contributed by atoms with Crippen LogP contribution in [0.15, 0.2) is 48.5 Å². The molecule has 0 bridgehead atoms. The Morgan fingerprint density at radius 2 is 1.40 bits per heavy atom. The Morgan fingerprint density at radius 1 is 0.880 bits per heavy atom. The van der Waals surface area contributed by atoms with Gasteiger partial charge in [-0.1, -0.05) is 45.0 Å². The molecular formula is C20H28N2O2S. The van der Waals surface area contributed by atoms with E-state index in [4.69, 9.17) is 0 Å². The predicted octanol–water partition coefficient (Wildman–Crippen LogP) is 4.75. The minimum Gasteiger partial charge on any atom is -0.381 e. The summed E-state index contributed by atoms with van der Waals surface area (Å²) in [6.07, 6.45) is 0. The summed E-state index contributed by atoms with van der Waals surface area (Å²) in [7, 11) is -3.30. The van der Waals surface area contributed by atoms with Crippen molar-refractivity contribution in [3.8, 4) is 0 Å². The molecule has 0 aliphatic carbocycles. The highest BCUT2D eigenvalue weighted by Crippen LogP contribution is 2.23. The van der Waals surface area contributed by atoms with E-state index in [2.05, 4.69) is 55.1 Å². The van der Waals surface area contributed by atoms with Crippen LogP contribution >= 0.6 is 0 Å². The zero-order valence-electron chi connectivity index (χ0n) is 15.6. The second-order valence-electron chi connectivity index (χ2n) is 7.57. The zero-order chi connectivity index (χ0) is 18.7. The fourth-order valence-corrected chi connectivity index (χ4v) is 2.97. The maximum Gasteiger partial charge on any atom is 0.235 e. The van der Waals surface area contributed by atoms with Crippen molar-refractivity contribution in [1.82, 2.24) is 0 Å². The molecule has 0 aromatic heterocycles. The molecule has 0 amide bonds. The number of rotatable bonds is 6. The zero-order valence-corrected chi connectivity index (χ0v) is 16.4. The van der Waals surface area contributed by atoms with Gasteiger partial charge in [0.2, 0.25) is 10.0 Å². The van der Waals surface area contributed by atoms with Crippen LogP contribution in [0.4, 0.5) is 11.4 Å². The lowest BCUT2D eigenvalue weighted by Crippen LogP contribution is -2.22. The number of nitrogens with one attached hydrogen (secondary N) is 2. The van der Waals surface area contributed by atoms with Gasteiger partial charge in [0.05, 0.1) is 5.25 Å². The normalized spacial score (nSPS) is 12.2. The monoisotopic (exact) mass is 360 g/mol. The second-order valence-corrected chi connectivity index (χ2v) is 9.81. The van der Waals surface area contributed by atoms with Crippen LogP contribution in [0.3, 0.4) is 0 Å². The first kappa shape index (κ1) is 19.3. The van der Waals surface area contributed by atoms with Gasteiger partial charge in [0, 0.05) is 17.9 Å². The van der Waals surface area contributed by atoms with Crippen molar-refractivity contribution >= 4 is 21.4 Å². The van der Waals surface area contributed by atoms with E-state index in [9.17, 15) is 8.42 Å². The minimum absolute atomic E-state index is 0.150. The van der Waals surface area contributed by atoms with Crippen LogP contribution in [0.2, 0.25) is 0 Å². The topological polar surface area (TPSA) is 58.2 Å². The highest BCUT2D eigenvalue weighted by Gasteiger charge is 2.15. The lowest BCUT2D eigenvalue weighted by atomic mass is 9.87. The Bertz CT molecular complexity index is 787. The Labute approximate surface area is 151 Å². The Morgan fingerprint density at radius 3 is 1.88 bits per heavy atom. The number of hydrogen-bond acceptors (Lipinski definition) is 3. The van der Waals surface area contributed by atoms with Gasteiger partial charge in [0.25, 0.3) is 0 Å². The van der Waals surface area contributed by atoms with Crippen molar-refractivity contribution in [2.75, 3.05) is 10.0 Å². The first-order valence-corrected chi connectivity index (χ1v) is 10.1. The van der Waals surface area contributed by atoms with Gasteiger partial charge < -0.3 is 5.32 Å². The molecule has 0 radical (unpaired) electrons. The van der Waals surface area contributed by atoms with Crippen molar-refractivity contribution in [3.05, 3.63) is 59.7 Å². The third-order valence-electron chi connectivity index (χ3n) is 4.08. The maximum absolute atomic E-state index is 11.9. The van der Waals surface area contributed by atoms with Gasteiger partial charge in [0.15, 0.2) is 0 Å². The van der Waals surface area contributed by atoms with Gasteiger partial charge in [-0.25, -0.2) is 8.42 Å². The summed E-state index contributed by atoms with van der Waals surface area (Å²) in [4.78, 5) is 0. The molecule has 0 aliphatic heterocycles. The van der Waals surface area contributed by atoms with Crippen LogP contribution in [0.5, 0.6) is 0 Å². The maximum atomic E-state index is 11.9. The molecule has 0 saturated carbocycles. The second kappa shape index (κ2) is 7.48. The molecule has 4 nitrogen and oxygen atoms in total. The molecular weight excluding hydrogens is 332 g/mol. The highest BCUT2D eigenvalue weighted by molar-refractivity contribution is 7.93. The summed E-state index contributed by atoms with van der Waals surface area (Å²) in [5.41, 5.74) is 4.20. The molecule has 2 aromatic rings. The molecule has 0 heterocycles. The average molecular weight is 361 g/mol. The number of sulfonamides is 1. The molecule has 0 fully saturated rings. The fourth-order valence-electron chi connectivity index (χ4n) is 2.26. The third kappa shape index (κ3) is 5.49. The smallest absolute Gasteiger partial charge is 0.235 e. The lowest BCUT2D eigenvalue weighted by Gasteiger charge is -2.19. The van der Waals surface area contributed by atoms with Crippen molar-refractivity contribution in [2.45, 2.75) is 51.8 Å². The summed E-state index contributed by atoms with van der Waals surface area (Å²) in [5, 5.41) is 2.93. The van der Waals surface area contributed by atoms with E-state index in [0.717, 1.165) is 11.3 Å². The number of anilines is 2. The van der Waals surface area contributed by atoms with Crippen molar-refractivity contribution in [2.24, 2.45) is 0 Å². The van der Waals surface area contributed by atoms with Gasteiger partial charge in [-0.05, 0) is 54.7 Å². The van der Waals surface area contributed by atoms with Gasteiger partial charge in [-0.2, -0.15) is 0 Å². The summed E-state index contributed by atoms with van der Waals surface area (Å²) in [6, 6.07) is 15.9. The Balaban J connectivity index is 1.96. The molecule has 0 saturated heterocycles. The summed E-state index contributed by atoms with van der Waals surface area (Å²) in [5.74, 6) is 0. The van der Waals surface area contributed by atoms with Crippen molar-refractivity contribution < 1.29 is 8.42 Å². The Kier molecular flexibility index (Phi) is 5.78. The SMILES string of the molecule is CC(C)S(=O)(=O)Nc1ccc(CNc2ccc(C(C)(C)C)cc2)cc1. The minimum atomic E-state index is -3.30. The molecule has 5 heteroatoms. The summed E-state index contributed by atoms with van der Waals surface area (Å²) in [6.45, 7) is 10.6. The van der Waals surface area contributed by atoms with Crippen LogP contribution in [-0.4, -0.2) is 13.7 Å². The first-order valence-electron chi connectivity index (χ1n) is 8.53. The molecule has 0 aliphatic rings. The molecule has 136 valence electrons. The third-order valence-corrected chi connectivity index (χ3v) is 5.84. The first-order chi connectivity index (χ1) is 11.6. The molecule has 2 aromatic carbocycles. The van der Waals surface area contributed by atoms with E-state index in [1.54, 1.807) is 26.0 Å². The molecule has 0 unspecified atom stereocenters. The Hall–Kier alpha value is -2.01. The van der Waals surface area contributed by atoms with Gasteiger partial charge >= 0.3 is 0 Å². The largest absolute Gasteiger partial charge is 0.381 e. The standard InChI is InChI=1S/C20H28N2O2S/c1-15(2)25(23,24)22-19-10-6-16(7-11-19)14-21-18-12-8-17(9-13-18)20(3,4)5/h6-13,15,21-22H,14H2,1-5H3. The molecule has 0 atom stereocenters. The van der Waals surface area contributed by atoms with E-state index in [-0.39, 0.29) is 5.41 Å². The van der Waals surface area contributed by atoms with Crippen LogP contribution in [0.1, 0.15) is 45.7 Å². The van der Waals surface area contributed by atoms with Gasteiger partial charge in [0.1, 0.15) is 0 Å². The average Bonchev–Trinajstić information content (AvgIpc) is 2.53. The van der Waals surface area contributed by atoms with Crippen molar-refractivity contribution in [3.63, 3.8) is 0 Å². The summed E-state index contributed by atoms with van der Waals surface area (Å²) >= 11 is 0. The number of benzene rings is 2. The molecule has 2 N–H and O–H groups in total. The van der Waals surface area contributed by atoms with E-state index in [1.165, 1.54) is 5.56 Å². The van der Waals surface area contributed by atoms with Crippen LogP contribution in [0, 0.1) is 0 Å². The van der Waals surface area contributed by atoms with Crippen LogP contribution in [-0.2, 0) is 22.0 Å². The highest BCUT2D eigenvalue weighted by atomic mass is 32.2. The fraction of sp³-hybridized carbons (Fsp3) is 0.400. The summed E-state index contributed by atoms with van der Waals surface area (Å²) < 4.78 is 26.3. The van der Waals surface area contributed by atoms with E-state index < -0.39 is 15.3 Å². The van der Waals surface area contributed by atoms with E-state index in [0.29, 0.717) is 12.2 Å². The number of hydrogen-bond donors (Lipinski definition) is 2. The molecule has 0 spiro atoms. The predicted molar refractivity (Wildman–Crippen MR) is 107 cm³/mol. The van der Waals surface area contributed by atoms with Crippen LogP contribution < -0.4 is 10.0 Å². The quantitative estimate of drug-likeness (QED) is 0.782. The van der Waals surface area contributed by atoms with Crippen molar-refractivity contribution in [1.29, 1.82) is 0 Å². The van der Waals surface area contributed by atoms with E-state index >= 15 is 0 Å². The lowest BCUT2D eigenvalue weighted by molar-refractivity contribution is 0.590. The van der Waals surface area contributed by atoms with E-state index in [1.807, 2.05) is 12.1 Å². The van der Waals surface area contributed by atoms with Gasteiger partial charge in [-0.15, -0.1) is 0 Å². The van der Waals surface area contributed by atoms with Gasteiger partial charge in [-0.3, -0.25) is 4.72 Å². The van der Waals surface area contributed by atoms with Crippen LogP contribution in [0.25, 0.3) is 0 Å². The molecule has 25 heavy (non-hydrogen) atoms. The molecule has 2 rings (SSSR count).